The van der Waals surface area contributed by atoms with Gasteiger partial charge in [0, 0.05) is 6.07 Å². The van der Waals surface area contributed by atoms with Crippen LogP contribution in [0.4, 0.5) is 5.69 Å². The first-order valence-electron chi connectivity index (χ1n) is 4.67. The normalized spacial score (nSPS) is 13.7. The van der Waals surface area contributed by atoms with Gasteiger partial charge in [-0.15, -0.1) is 0 Å². The molecule has 2 unspecified atom stereocenters. The summed E-state index contributed by atoms with van der Waals surface area (Å²) < 4.78 is 0. The van der Waals surface area contributed by atoms with Crippen molar-refractivity contribution in [2.75, 3.05) is 0 Å². The van der Waals surface area contributed by atoms with Crippen molar-refractivity contribution >= 4 is 5.69 Å². The second kappa shape index (κ2) is 5.25. The molecule has 1 rings (SSSR count). The topological polar surface area (TPSA) is 128 Å². The van der Waals surface area contributed by atoms with Crippen LogP contribution < -0.4 is 0 Å². The Morgan fingerprint density at radius 2 is 2.12 bits per heavy atom. The molecule has 0 saturated heterocycles. The molecular weight excluding hydrogens is 228 g/mol. The summed E-state index contributed by atoms with van der Waals surface area (Å²) in [6, 6.07) is 4.93. The van der Waals surface area contributed by atoms with E-state index in [-0.39, 0.29) is 12.0 Å². The monoisotopic (exact) mass is 238 g/mol. The van der Waals surface area contributed by atoms with E-state index in [2.05, 4.69) is 0 Å². The molecule has 0 fully saturated rings. The molecule has 2 atom stereocenters. The van der Waals surface area contributed by atoms with Crippen LogP contribution in [0.3, 0.4) is 0 Å². The number of nitro groups is 1. The average Bonchev–Trinajstić information content (AvgIpc) is 2.28. The number of phenolic OH excluding ortho intramolecular Hbond substituents is 1. The van der Waals surface area contributed by atoms with Crippen molar-refractivity contribution in [3.8, 4) is 11.8 Å². The maximum absolute atomic E-state index is 10.5. The number of benzene rings is 1. The Balaban J connectivity index is 3.04. The first-order valence-corrected chi connectivity index (χ1v) is 4.67. The number of rotatable bonds is 4. The van der Waals surface area contributed by atoms with Crippen LogP contribution in [0.25, 0.3) is 0 Å². The molecule has 0 aliphatic heterocycles. The number of hydrogen-bond acceptors (Lipinski definition) is 6. The van der Waals surface area contributed by atoms with E-state index in [0.717, 1.165) is 12.1 Å². The fourth-order valence-electron chi connectivity index (χ4n) is 1.30. The summed E-state index contributed by atoms with van der Waals surface area (Å²) in [7, 11) is 0. The van der Waals surface area contributed by atoms with Gasteiger partial charge in [0.25, 0.3) is 0 Å². The van der Waals surface area contributed by atoms with Crippen LogP contribution in [0.1, 0.15) is 18.1 Å². The van der Waals surface area contributed by atoms with Crippen LogP contribution >= 0.6 is 0 Å². The molecule has 90 valence electrons. The van der Waals surface area contributed by atoms with E-state index in [1.54, 1.807) is 6.07 Å². The molecule has 0 bridgehead atoms. The predicted octanol–water partition coefficient (Wildman–Crippen LogP) is 0.608. The lowest BCUT2D eigenvalue weighted by molar-refractivity contribution is -0.386. The van der Waals surface area contributed by atoms with E-state index >= 15 is 0 Å². The highest BCUT2D eigenvalue weighted by atomic mass is 16.6. The lowest BCUT2D eigenvalue weighted by atomic mass is 10.0. The number of nitrogens with zero attached hydrogens (tertiary/aromatic N) is 2. The van der Waals surface area contributed by atoms with Gasteiger partial charge in [0.15, 0.2) is 5.75 Å². The van der Waals surface area contributed by atoms with Crippen molar-refractivity contribution in [2.45, 2.75) is 18.6 Å². The fraction of sp³-hybridized carbons (Fsp3) is 0.300. The van der Waals surface area contributed by atoms with Crippen LogP contribution in [-0.4, -0.2) is 26.3 Å². The second-order valence-electron chi connectivity index (χ2n) is 3.38. The minimum atomic E-state index is -1.41. The van der Waals surface area contributed by atoms with E-state index in [9.17, 15) is 25.4 Å². The van der Waals surface area contributed by atoms with E-state index in [0.29, 0.717) is 0 Å². The van der Waals surface area contributed by atoms with Gasteiger partial charge in [0.2, 0.25) is 0 Å². The SMILES string of the molecule is N#CCC(O)C(O)c1ccc(O)c([N+](=O)[O-])c1. The molecule has 1 aromatic rings. The molecule has 0 spiro atoms. The zero-order chi connectivity index (χ0) is 13.0. The Bertz CT molecular complexity index is 468. The molecule has 3 N–H and O–H groups in total. The van der Waals surface area contributed by atoms with Gasteiger partial charge >= 0.3 is 5.69 Å². The molecule has 0 aliphatic carbocycles. The van der Waals surface area contributed by atoms with Gasteiger partial charge in [0.05, 0.1) is 23.5 Å². The van der Waals surface area contributed by atoms with Gasteiger partial charge in [-0.2, -0.15) is 5.26 Å². The van der Waals surface area contributed by atoms with Gasteiger partial charge in [-0.3, -0.25) is 10.1 Å². The van der Waals surface area contributed by atoms with Crippen LogP contribution in [-0.2, 0) is 0 Å². The molecule has 0 aromatic heterocycles. The van der Waals surface area contributed by atoms with Crippen LogP contribution in [0, 0.1) is 21.4 Å². The third-order valence-electron chi connectivity index (χ3n) is 2.20. The van der Waals surface area contributed by atoms with E-state index < -0.39 is 28.6 Å². The number of nitriles is 1. The molecule has 0 radical (unpaired) electrons. The fourth-order valence-corrected chi connectivity index (χ4v) is 1.30. The quantitative estimate of drug-likeness (QED) is 0.520. The molecule has 0 aliphatic rings. The van der Waals surface area contributed by atoms with Crippen molar-refractivity contribution in [1.82, 2.24) is 0 Å². The zero-order valence-electron chi connectivity index (χ0n) is 8.65. The summed E-state index contributed by atoms with van der Waals surface area (Å²) in [4.78, 5) is 9.74. The third-order valence-corrected chi connectivity index (χ3v) is 2.20. The van der Waals surface area contributed by atoms with Crippen molar-refractivity contribution < 1.29 is 20.2 Å². The van der Waals surface area contributed by atoms with Crippen LogP contribution in [0.2, 0.25) is 0 Å². The minimum Gasteiger partial charge on any atom is -0.502 e. The minimum absolute atomic E-state index is 0.0669. The number of phenols is 1. The molecule has 0 saturated carbocycles. The molecule has 17 heavy (non-hydrogen) atoms. The summed E-state index contributed by atoms with van der Waals surface area (Å²) >= 11 is 0. The standard InChI is InChI=1S/C10H10N2O5/c11-4-3-9(14)10(15)6-1-2-8(13)7(5-6)12(16)17/h1-2,5,9-10,13-15H,3H2. The van der Waals surface area contributed by atoms with E-state index in [1.165, 1.54) is 6.07 Å². The van der Waals surface area contributed by atoms with E-state index in [1.807, 2.05) is 0 Å². The van der Waals surface area contributed by atoms with Gasteiger partial charge in [0.1, 0.15) is 6.10 Å². The van der Waals surface area contributed by atoms with Crippen LogP contribution in [0.5, 0.6) is 5.75 Å². The summed E-state index contributed by atoms with van der Waals surface area (Å²) in [5, 5.41) is 47.1. The Kier molecular flexibility index (Phi) is 3.98. The van der Waals surface area contributed by atoms with E-state index in [4.69, 9.17) is 5.26 Å². The largest absolute Gasteiger partial charge is 0.502 e. The molecule has 0 amide bonds. The van der Waals surface area contributed by atoms with Crippen LogP contribution in [0.15, 0.2) is 18.2 Å². The molecule has 7 nitrogen and oxygen atoms in total. The number of hydrogen-bond donors (Lipinski definition) is 3. The predicted molar refractivity (Wildman–Crippen MR) is 56.0 cm³/mol. The molecule has 7 heteroatoms. The van der Waals surface area contributed by atoms with Gasteiger partial charge in [-0.05, 0) is 11.6 Å². The lowest BCUT2D eigenvalue weighted by Crippen LogP contribution is -2.17. The summed E-state index contributed by atoms with van der Waals surface area (Å²) in [6.45, 7) is 0. The van der Waals surface area contributed by atoms with Crippen molar-refractivity contribution in [3.63, 3.8) is 0 Å². The summed E-state index contributed by atoms with van der Waals surface area (Å²) in [5.74, 6) is -0.527. The number of aliphatic hydroxyl groups excluding tert-OH is 2. The number of aromatic hydroxyl groups is 1. The second-order valence-corrected chi connectivity index (χ2v) is 3.38. The Morgan fingerprint density at radius 1 is 1.47 bits per heavy atom. The summed E-state index contributed by atoms with van der Waals surface area (Å²) in [6.07, 6.45) is -3.03. The van der Waals surface area contributed by atoms with Gasteiger partial charge < -0.3 is 15.3 Å². The van der Waals surface area contributed by atoms with Crippen molar-refractivity contribution in [2.24, 2.45) is 0 Å². The Hall–Kier alpha value is -2.17. The Labute approximate surface area is 96.3 Å². The molecular formula is C10H10N2O5. The third kappa shape index (κ3) is 2.90. The first-order chi connectivity index (χ1) is 7.97. The maximum atomic E-state index is 10.5. The van der Waals surface area contributed by atoms with Crippen molar-refractivity contribution in [3.05, 3.63) is 33.9 Å². The molecule has 0 heterocycles. The maximum Gasteiger partial charge on any atom is 0.311 e. The highest BCUT2D eigenvalue weighted by molar-refractivity contribution is 5.48. The average molecular weight is 238 g/mol. The first kappa shape index (κ1) is 12.9. The lowest BCUT2D eigenvalue weighted by Gasteiger charge is -2.15. The molecule has 1 aromatic carbocycles. The van der Waals surface area contributed by atoms with Gasteiger partial charge in [-0.1, -0.05) is 6.07 Å². The number of nitro benzene ring substituents is 1. The smallest absolute Gasteiger partial charge is 0.311 e. The number of aliphatic hydroxyl groups is 2. The zero-order valence-corrected chi connectivity index (χ0v) is 8.65. The van der Waals surface area contributed by atoms with Crippen molar-refractivity contribution in [1.29, 1.82) is 5.26 Å². The highest BCUT2D eigenvalue weighted by Crippen LogP contribution is 2.30. The highest BCUT2D eigenvalue weighted by Gasteiger charge is 2.22. The van der Waals surface area contributed by atoms with Gasteiger partial charge in [-0.25, -0.2) is 0 Å². The summed E-state index contributed by atoms with van der Waals surface area (Å²) in [5.41, 5.74) is -0.497. The Morgan fingerprint density at radius 3 is 2.65 bits per heavy atom.